The Kier molecular flexibility index (Phi) is 10.7. The molecule has 0 aromatic heterocycles. The highest BCUT2D eigenvalue weighted by Gasteiger charge is 2.63. The standard InChI is InChI=1S/C37H47FN4O10S/c1-21-7-5-6-8-23-18-37(23,34(45)41-53(48,49)36(2)13-14-36)40-32(43)28-17-25(19-42(28)33(44)31(39-35(46)47)22(15-21)20-50-3)52-30-12-11-29(51-4)26-10-9-24(38)16-27(26)30/h6,8-12,16,21-23,25,28,31,39H,5,7,13-15,17-20H2,1-4H3,(H,40,43)(H,41,45)(H,46,47)/b8-6-/t21-,22+,23-,25-,28+,31+,37-/m1/s1. The molecule has 0 bridgehead atoms. The fourth-order valence-corrected chi connectivity index (χ4v) is 8.96. The summed E-state index contributed by atoms with van der Waals surface area (Å²) in [5.41, 5.74) is -1.59. The van der Waals surface area contributed by atoms with Gasteiger partial charge in [0.05, 0.1) is 25.0 Å². The average molecular weight is 759 g/mol. The van der Waals surface area contributed by atoms with E-state index in [4.69, 9.17) is 14.2 Å². The third-order valence-electron chi connectivity index (χ3n) is 11.2. The summed E-state index contributed by atoms with van der Waals surface area (Å²) in [6.45, 7) is 3.46. The molecule has 4 N–H and O–H groups in total. The number of carbonyl (C=O) groups is 4. The molecule has 0 spiro atoms. The smallest absolute Gasteiger partial charge is 0.405 e. The van der Waals surface area contributed by atoms with Crippen LogP contribution < -0.4 is 24.8 Å². The molecule has 1 saturated heterocycles. The van der Waals surface area contributed by atoms with Gasteiger partial charge in [0.15, 0.2) is 0 Å². The van der Waals surface area contributed by atoms with Crippen molar-refractivity contribution in [1.82, 2.24) is 20.3 Å². The van der Waals surface area contributed by atoms with Crippen molar-refractivity contribution in [2.45, 2.75) is 87.3 Å². The van der Waals surface area contributed by atoms with Gasteiger partial charge < -0.3 is 34.9 Å². The lowest BCUT2D eigenvalue weighted by atomic mass is 9.87. The van der Waals surface area contributed by atoms with Crippen LogP contribution in [0.3, 0.4) is 0 Å². The monoisotopic (exact) mass is 758 g/mol. The number of sulfonamides is 1. The molecule has 14 nitrogen and oxygen atoms in total. The fraction of sp³-hybridized carbons (Fsp3) is 0.568. The number of benzene rings is 2. The summed E-state index contributed by atoms with van der Waals surface area (Å²) in [5.74, 6) is -3.09. The first-order chi connectivity index (χ1) is 25.1. The number of nitrogens with zero attached hydrogens (tertiary/aromatic N) is 1. The lowest BCUT2D eigenvalue weighted by Gasteiger charge is -2.33. The second-order valence-electron chi connectivity index (χ2n) is 15.1. The van der Waals surface area contributed by atoms with E-state index in [9.17, 15) is 37.1 Å². The van der Waals surface area contributed by atoms with E-state index in [-0.39, 0.29) is 37.7 Å². The van der Waals surface area contributed by atoms with Crippen LogP contribution in [0.15, 0.2) is 42.5 Å². The predicted octanol–water partition coefficient (Wildman–Crippen LogP) is 3.48. The third kappa shape index (κ3) is 7.79. The zero-order valence-electron chi connectivity index (χ0n) is 30.2. The van der Waals surface area contributed by atoms with Crippen LogP contribution in [0, 0.1) is 23.6 Å². The average Bonchev–Trinajstić information content (AvgIpc) is 3.98. The van der Waals surface area contributed by atoms with Crippen LogP contribution in [-0.4, -0.2) is 98.1 Å². The van der Waals surface area contributed by atoms with Gasteiger partial charge in [-0.05, 0) is 81.7 Å². The molecule has 2 aromatic carbocycles. The molecule has 2 heterocycles. The second-order valence-corrected chi connectivity index (χ2v) is 17.3. The maximum Gasteiger partial charge on any atom is 0.405 e. The molecular formula is C37H47FN4O10S. The summed E-state index contributed by atoms with van der Waals surface area (Å²) in [5, 5.41) is 16.0. The Bertz CT molecular complexity index is 1920. The van der Waals surface area contributed by atoms with Gasteiger partial charge in [-0.1, -0.05) is 19.1 Å². The molecule has 2 aromatic rings. The summed E-state index contributed by atoms with van der Waals surface area (Å²) in [6.07, 6.45) is 4.05. The van der Waals surface area contributed by atoms with E-state index in [1.165, 1.54) is 31.3 Å². The molecule has 2 saturated carbocycles. The number of carbonyl (C=O) groups excluding carboxylic acids is 3. The Balaban J connectivity index is 1.37. The van der Waals surface area contributed by atoms with E-state index in [0.29, 0.717) is 48.6 Å². The molecule has 2 aliphatic heterocycles. The van der Waals surface area contributed by atoms with Crippen molar-refractivity contribution in [1.29, 1.82) is 0 Å². The number of nitrogens with one attached hydrogen (secondary N) is 3. The van der Waals surface area contributed by atoms with Gasteiger partial charge in [0, 0.05) is 36.1 Å². The quantitative estimate of drug-likeness (QED) is 0.276. The first-order valence-corrected chi connectivity index (χ1v) is 19.4. The number of hydrogen-bond donors (Lipinski definition) is 4. The second kappa shape index (κ2) is 14.8. The number of rotatable bonds is 9. The molecule has 6 rings (SSSR count). The fourth-order valence-electron chi connectivity index (χ4n) is 7.65. The Morgan fingerprint density at radius 3 is 2.51 bits per heavy atom. The van der Waals surface area contributed by atoms with E-state index < -0.39 is 80.0 Å². The van der Waals surface area contributed by atoms with Crippen molar-refractivity contribution < 1.29 is 51.3 Å². The Labute approximate surface area is 307 Å². The third-order valence-corrected chi connectivity index (χ3v) is 13.3. The highest BCUT2D eigenvalue weighted by atomic mass is 32.2. The maximum absolute atomic E-state index is 14.6. The highest BCUT2D eigenvalue weighted by Crippen LogP contribution is 2.48. The summed E-state index contributed by atoms with van der Waals surface area (Å²) in [4.78, 5) is 56.1. The number of methoxy groups -OCH3 is 2. The van der Waals surface area contributed by atoms with Crippen molar-refractivity contribution in [3.8, 4) is 11.5 Å². The van der Waals surface area contributed by atoms with Crippen LogP contribution in [0.4, 0.5) is 9.18 Å². The molecular weight excluding hydrogens is 711 g/mol. The van der Waals surface area contributed by atoms with E-state index in [1.54, 1.807) is 25.1 Å². The molecule has 16 heteroatoms. The van der Waals surface area contributed by atoms with Gasteiger partial charge >= 0.3 is 6.09 Å². The van der Waals surface area contributed by atoms with E-state index in [0.717, 1.165) is 0 Å². The van der Waals surface area contributed by atoms with Crippen LogP contribution in [0.5, 0.6) is 11.5 Å². The number of hydrogen-bond acceptors (Lipinski definition) is 9. The molecule has 288 valence electrons. The van der Waals surface area contributed by atoms with E-state index in [1.807, 2.05) is 19.1 Å². The number of allylic oxidation sites excluding steroid dienone is 1. The van der Waals surface area contributed by atoms with Crippen LogP contribution in [0.25, 0.3) is 10.8 Å². The summed E-state index contributed by atoms with van der Waals surface area (Å²) >= 11 is 0. The molecule has 7 atom stereocenters. The minimum absolute atomic E-state index is 0.0291. The molecule has 0 radical (unpaired) electrons. The molecule has 4 aliphatic rings. The molecule has 0 unspecified atom stereocenters. The zero-order valence-corrected chi connectivity index (χ0v) is 31.0. The van der Waals surface area contributed by atoms with E-state index in [2.05, 4.69) is 15.4 Å². The maximum atomic E-state index is 14.6. The van der Waals surface area contributed by atoms with Crippen molar-refractivity contribution >= 4 is 44.6 Å². The van der Waals surface area contributed by atoms with Gasteiger partial charge in [-0.15, -0.1) is 0 Å². The first kappa shape index (κ1) is 38.3. The number of halogens is 1. The van der Waals surface area contributed by atoms with Gasteiger partial charge in [-0.25, -0.2) is 17.6 Å². The summed E-state index contributed by atoms with van der Waals surface area (Å²) < 4.78 is 59.1. The largest absolute Gasteiger partial charge is 0.496 e. The van der Waals surface area contributed by atoms with E-state index >= 15 is 0 Å². The predicted molar refractivity (Wildman–Crippen MR) is 191 cm³/mol. The Morgan fingerprint density at radius 2 is 1.83 bits per heavy atom. The highest BCUT2D eigenvalue weighted by molar-refractivity contribution is 7.91. The lowest BCUT2D eigenvalue weighted by Crippen LogP contribution is -2.59. The molecule has 2 aliphatic carbocycles. The topological polar surface area (TPSA) is 190 Å². The van der Waals surface area contributed by atoms with Crippen molar-refractivity contribution in [2.75, 3.05) is 27.4 Å². The number of ether oxygens (including phenoxy) is 3. The summed E-state index contributed by atoms with van der Waals surface area (Å²) in [7, 11) is -1.09. The Morgan fingerprint density at radius 1 is 1.09 bits per heavy atom. The van der Waals surface area contributed by atoms with Gasteiger partial charge in [0.25, 0.3) is 5.91 Å². The van der Waals surface area contributed by atoms with Crippen LogP contribution in [0.1, 0.15) is 58.8 Å². The minimum Gasteiger partial charge on any atom is -0.496 e. The zero-order chi connectivity index (χ0) is 38.3. The number of amides is 4. The van der Waals surface area contributed by atoms with Crippen LogP contribution in [0.2, 0.25) is 0 Å². The SMILES string of the molecule is COC[C@@H]1C[C@H](C)CC/C=C\[C@@H]2C[C@@]2(C(=O)NS(=O)(=O)C2(C)CC2)NC(=O)[C@@H]2C[C@@H](Oc3ccc(OC)c4ccc(F)cc34)CN2C(=O)[C@H]1NC(=O)O. The molecule has 3 fully saturated rings. The first-order valence-electron chi connectivity index (χ1n) is 17.9. The van der Waals surface area contributed by atoms with Gasteiger partial charge in [-0.2, -0.15) is 0 Å². The molecule has 4 amide bonds. The van der Waals surface area contributed by atoms with Gasteiger partial charge in [-0.3, -0.25) is 19.1 Å². The van der Waals surface area contributed by atoms with Crippen molar-refractivity contribution in [3.63, 3.8) is 0 Å². The lowest BCUT2D eigenvalue weighted by molar-refractivity contribution is -0.142. The van der Waals surface area contributed by atoms with Gasteiger partial charge in [0.1, 0.15) is 41.0 Å². The number of carboxylic acid groups (broad SMARTS) is 1. The Hall–Kier alpha value is -4.44. The van der Waals surface area contributed by atoms with Crippen molar-refractivity contribution in [2.24, 2.45) is 17.8 Å². The van der Waals surface area contributed by atoms with Gasteiger partial charge in [0.2, 0.25) is 21.8 Å². The van der Waals surface area contributed by atoms with Crippen LogP contribution in [-0.2, 0) is 29.1 Å². The number of fused-ring (bicyclic) bond motifs is 3. The minimum atomic E-state index is -4.03. The van der Waals surface area contributed by atoms with Crippen molar-refractivity contribution in [3.05, 3.63) is 48.3 Å². The normalized spacial score (nSPS) is 30.5. The van der Waals surface area contributed by atoms with Crippen LogP contribution >= 0.6 is 0 Å². The summed E-state index contributed by atoms with van der Waals surface area (Å²) in [6, 6.07) is 4.86. The molecule has 53 heavy (non-hydrogen) atoms.